The van der Waals surface area contributed by atoms with E-state index in [9.17, 15) is 0 Å². The Bertz CT molecular complexity index is 311. The van der Waals surface area contributed by atoms with E-state index in [1.807, 2.05) is 0 Å². The number of hydrogen-bond donors (Lipinski definition) is 0. The zero-order chi connectivity index (χ0) is 12.2. The summed E-state index contributed by atoms with van der Waals surface area (Å²) < 4.78 is 1.31. The summed E-state index contributed by atoms with van der Waals surface area (Å²) in [5.41, 5.74) is 1.82. The molecule has 0 amide bonds. The predicted octanol–water partition coefficient (Wildman–Crippen LogP) is 5.42. The lowest BCUT2D eigenvalue weighted by atomic mass is 9.89. The Kier molecular flexibility index (Phi) is 5.78. The van der Waals surface area contributed by atoms with E-state index < -0.39 is 0 Å². The van der Waals surface area contributed by atoms with Gasteiger partial charge in [-0.05, 0) is 65.0 Å². The highest BCUT2D eigenvalue weighted by molar-refractivity contribution is 14.1. The number of alkyl halides is 1. The maximum absolute atomic E-state index is 3.78. The van der Waals surface area contributed by atoms with Crippen molar-refractivity contribution in [2.45, 2.75) is 44.9 Å². The number of aryl methyl sites for hydroxylation is 1. The molecule has 1 aromatic rings. The largest absolute Gasteiger partial charge is 0.0885 e. The van der Waals surface area contributed by atoms with E-state index in [2.05, 4.69) is 83.6 Å². The molecule has 2 heteroatoms. The fourth-order valence-corrected chi connectivity index (χ4v) is 2.25. The van der Waals surface area contributed by atoms with E-state index in [-0.39, 0.29) is 0 Å². The van der Waals surface area contributed by atoms with Crippen molar-refractivity contribution in [3.05, 3.63) is 33.4 Å². The Hall–Kier alpha value is 0.430. The summed E-state index contributed by atoms with van der Waals surface area (Å²) in [5, 5.41) is 0. The molecule has 0 aliphatic heterocycles. The zero-order valence-corrected chi connectivity index (χ0v) is 14.0. The van der Waals surface area contributed by atoms with Crippen LogP contribution in [-0.4, -0.2) is 4.83 Å². The van der Waals surface area contributed by atoms with E-state index in [1.165, 1.54) is 28.4 Å². The van der Waals surface area contributed by atoms with Crippen molar-refractivity contribution in [2.75, 3.05) is 0 Å². The first-order valence-corrected chi connectivity index (χ1v) is 7.77. The first-order valence-electron chi connectivity index (χ1n) is 5.78. The van der Waals surface area contributed by atoms with Gasteiger partial charge in [-0.25, -0.2) is 0 Å². The molecule has 16 heavy (non-hydrogen) atoms. The highest BCUT2D eigenvalue weighted by atomic mass is 127. The highest BCUT2D eigenvalue weighted by Gasteiger charge is 2.20. The van der Waals surface area contributed by atoms with E-state index in [0.717, 1.165) is 0 Å². The molecule has 0 nitrogen and oxygen atoms in total. The number of hydrogen-bond acceptors (Lipinski definition) is 0. The van der Waals surface area contributed by atoms with Crippen LogP contribution in [-0.2, 0) is 6.42 Å². The summed E-state index contributed by atoms with van der Waals surface area (Å²) in [4.78, 5) is 0.615. The van der Waals surface area contributed by atoms with E-state index in [0.29, 0.717) is 10.2 Å². The molecule has 90 valence electrons. The molecule has 0 radical (unpaired) electrons. The number of halogens is 2. The topological polar surface area (TPSA) is 0 Å². The second-order valence-electron chi connectivity index (χ2n) is 5.35. The van der Waals surface area contributed by atoms with Crippen molar-refractivity contribution >= 4 is 38.5 Å². The van der Waals surface area contributed by atoms with Crippen LogP contribution in [0.4, 0.5) is 0 Å². The molecule has 1 atom stereocenters. The predicted molar refractivity (Wildman–Crippen MR) is 84.3 cm³/mol. The Morgan fingerprint density at radius 1 is 1.19 bits per heavy atom. The second-order valence-corrected chi connectivity index (χ2v) is 7.70. The van der Waals surface area contributed by atoms with Gasteiger partial charge in [0, 0.05) is 8.40 Å². The van der Waals surface area contributed by atoms with E-state index >= 15 is 0 Å². The molecule has 0 bridgehead atoms. The smallest absolute Gasteiger partial charge is 0.0194 e. The maximum Gasteiger partial charge on any atom is 0.0194 e. The lowest BCUT2D eigenvalue weighted by Crippen LogP contribution is -2.20. The Balaban J connectivity index is 2.33. The van der Waals surface area contributed by atoms with Crippen LogP contribution in [0.25, 0.3) is 0 Å². The van der Waals surface area contributed by atoms with Crippen LogP contribution in [0.2, 0.25) is 0 Å². The van der Waals surface area contributed by atoms with Crippen LogP contribution in [0.3, 0.4) is 0 Å². The third-order valence-electron chi connectivity index (χ3n) is 2.78. The molecule has 0 N–H and O–H groups in total. The van der Waals surface area contributed by atoms with Crippen LogP contribution in [0.15, 0.2) is 24.3 Å². The molecule has 0 aliphatic rings. The molecule has 0 saturated heterocycles. The van der Waals surface area contributed by atoms with Crippen LogP contribution in [0.5, 0.6) is 0 Å². The maximum atomic E-state index is 3.78. The first-order chi connectivity index (χ1) is 7.39. The summed E-state index contributed by atoms with van der Waals surface area (Å²) in [6.07, 6.45) is 3.69. The van der Waals surface area contributed by atoms with E-state index in [1.54, 1.807) is 0 Å². The van der Waals surface area contributed by atoms with E-state index in [4.69, 9.17) is 0 Å². The Morgan fingerprint density at radius 3 is 2.25 bits per heavy atom. The standard InChI is InChI=1S/C14H20BrI/c1-14(2,3)13(15)6-4-5-11-7-9-12(16)10-8-11/h7-10,13H,4-6H2,1-3H3. The zero-order valence-electron chi connectivity index (χ0n) is 10.3. The minimum absolute atomic E-state index is 0.367. The molecular formula is C14H20BrI. The van der Waals surface area contributed by atoms with Crippen LogP contribution < -0.4 is 0 Å². The van der Waals surface area contributed by atoms with Gasteiger partial charge in [0.2, 0.25) is 0 Å². The highest BCUT2D eigenvalue weighted by Crippen LogP contribution is 2.29. The molecule has 1 unspecified atom stereocenters. The van der Waals surface area contributed by atoms with Gasteiger partial charge in [-0.2, -0.15) is 0 Å². The molecule has 0 saturated carbocycles. The lowest BCUT2D eigenvalue weighted by Gasteiger charge is -2.25. The van der Waals surface area contributed by atoms with Gasteiger partial charge in [0.1, 0.15) is 0 Å². The Morgan fingerprint density at radius 2 is 1.75 bits per heavy atom. The van der Waals surface area contributed by atoms with Crippen LogP contribution in [0.1, 0.15) is 39.2 Å². The summed E-state index contributed by atoms with van der Waals surface area (Å²) in [6, 6.07) is 8.85. The number of rotatable bonds is 4. The molecule has 0 aliphatic carbocycles. The SMILES string of the molecule is CC(C)(C)C(Br)CCCc1ccc(I)cc1. The van der Waals surface area contributed by atoms with Crippen molar-refractivity contribution < 1.29 is 0 Å². The summed E-state index contributed by atoms with van der Waals surface area (Å²) in [6.45, 7) is 6.87. The van der Waals surface area contributed by atoms with Gasteiger partial charge in [0.25, 0.3) is 0 Å². The van der Waals surface area contributed by atoms with Crippen molar-refractivity contribution in [3.63, 3.8) is 0 Å². The molecule has 0 heterocycles. The van der Waals surface area contributed by atoms with Gasteiger partial charge < -0.3 is 0 Å². The first kappa shape index (κ1) is 14.5. The molecule has 1 rings (SSSR count). The van der Waals surface area contributed by atoms with Gasteiger partial charge in [0.05, 0.1) is 0 Å². The van der Waals surface area contributed by atoms with Gasteiger partial charge in [-0.1, -0.05) is 48.8 Å². The Labute approximate surface area is 121 Å². The minimum atomic E-state index is 0.367. The minimum Gasteiger partial charge on any atom is -0.0885 e. The van der Waals surface area contributed by atoms with Crippen molar-refractivity contribution in [2.24, 2.45) is 5.41 Å². The van der Waals surface area contributed by atoms with Crippen molar-refractivity contribution in [1.29, 1.82) is 0 Å². The van der Waals surface area contributed by atoms with Gasteiger partial charge in [0.15, 0.2) is 0 Å². The summed E-state index contributed by atoms with van der Waals surface area (Å²) in [5.74, 6) is 0. The van der Waals surface area contributed by atoms with Gasteiger partial charge >= 0.3 is 0 Å². The number of benzene rings is 1. The van der Waals surface area contributed by atoms with Crippen LogP contribution in [0, 0.1) is 8.99 Å². The average Bonchev–Trinajstić information content (AvgIpc) is 2.19. The second kappa shape index (κ2) is 6.39. The lowest BCUT2D eigenvalue weighted by molar-refractivity contribution is 0.380. The molecular weight excluding hydrogens is 375 g/mol. The van der Waals surface area contributed by atoms with Crippen molar-refractivity contribution in [3.8, 4) is 0 Å². The normalized spacial score (nSPS) is 13.8. The molecule has 0 aromatic heterocycles. The molecule has 1 aromatic carbocycles. The van der Waals surface area contributed by atoms with Gasteiger partial charge in [-0.3, -0.25) is 0 Å². The average molecular weight is 395 g/mol. The van der Waals surface area contributed by atoms with Crippen molar-refractivity contribution in [1.82, 2.24) is 0 Å². The third kappa shape index (κ3) is 5.17. The monoisotopic (exact) mass is 394 g/mol. The van der Waals surface area contributed by atoms with Crippen LogP contribution >= 0.6 is 38.5 Å². The van der Waals surface area contributed by atoms with Gasteiger partial charge in [-0.15, -0.1) is 0 Å². The third-order valence-corrected chi connectivity index (χ3v) is 5.33. The quantitative estimate of drug-likeness (QED) is 0.472. The summed E-state index contributed by atoms with van der Waals surface area (Å²) in [7, 11) is 0. The fourth-order valence-electron chi connectivity index (χ4n) is 1.57. The fraction of sp³-hybridized carbons (Fsp3) is 0.571. The molecule has 0 spiro atoms. The molecule has 0 fully saturated rings. The summed E-state index contributed by atoms with van der Waals surface area (Å²) >= 11 is 6.13.